The van der Waals surface area contributed by atoms with Gasteiger partial charge in [0, 0.05) is 7.05 Å². The molecule has 2 aromatic carbocycles. The van der Waals surface area contributed by atoms with Crippen LogP contribution in [0.4, 0.5) is 0 Å². The summed E-state index contributed by atoms with van der Waals surface area (Å²) < 4.78 is 7.44. The Morgan fingerprint density at radius 3 is 2.76 bits per heavy atom. The fourth-order valence-corrected chi connectivity index (χ4v) is 2.54. The lowest BCUT2D eigenvalue weighted by Crippen LogP contribution is -1.96. The van der Waals surface area contributed by atoms with Gasteiger partial charge in [-0.2, -0.15) is 5.26 Å². The number of aryl methyl sites for hydroxylation is 2. The molecule has 1 heterocycles. The molecule has 0 fully saturated rings. The second-order valence-electron chi connectivity index (χ2n) is 4.98. The number of ether oxygens (including phenoxy) is 1. The Morgan fingerprint density at radius 1 is 1.24 bits per heavy atom. The summed E-state index contributed by atoms with van der Waals surface area (Å²) in [6.07, 6.45) is 0. The van der Waals surface area contributed by atoms with Gasteiger partial charge in [0.2, 0.25) is 0 Å². The largest absolute Gasteiger partial charge is 0.496 e. The van der Waals surface area contributed by atoms with Gasteiger partial charge in [0.15, 0.2) is 0 Å². The summed E-state index contributed by atoms with van der Waals surface area (Å²) in [4.78, 5) is 4.66. The molecule has 3 rings (SSSR count). The first-order valence-electron chi connectivity index (χ1n) is 6.66. The van der Waals surface area contributed by atoms with Crippen molar-refractivity contribution in [3.63, 3.8) is 0 Å². The highest BCUT2D eigenvalue weighted by molar-refractivity contribution is 5.86. The van der Waals surface area contributed by atoms with E-state index < -0.39 is 0 Å². The van der Waals surface area contributed by atoms with Crippen molar-refractivity contribution in [2.45, 2.75) is 6.92 Å². The van der Waals surface area contributed by atoms with Crippen LogP contribution in [0.5, 0.6) is 5.75 Å². The molecule has 104 valence electrons. The number of hydrogen-bond acceptors (Lipinski definition) is 3. The molecule has 4 heteroatoms. The molecular formula is C17H15N3O. The number of aromatic nitrogens is 2. The van der Waals surface area contributed by atoms with Crippen molar-refractivity contribution in [1.29, 1.82) is 5.26 Å². The Labute approximate surface area is 123 Å². The molecule has 0 N–H and O–H groups in total. The number of imidazole rings is 1. The quantitative estimate of drug-likeness (QED) is 0.721. The summed E-state index contributed by atoms with van der Waals surface area (Å²) in [5.74, 6) is 1.57. The number of nitriles is 1. The van der Waals surface area contributed by atoms with E-state index >= 15 is 0 Å². The van der Waals surface area contributed by atoms with Crippen molar-refractivity contribution in [2.24, 2.45) is 7.05 Å². The van der Waals surface area contributed by atoms with Gasteiger partial charge in [0.25, 0.3) is 0 Å². The molecule has 0 saturated carbocycles. The van der Waals surface area contributed by atoms with Crippen LogP contribution in [0.1, 0.15) is 11.1 Å². The fraction of sp³-hybridized carbons (Fsp3) is 0.176. The Morgan fingerprint density at radius 2 is 2.05 bits per heavy atom. The highest BCUT2D eigenvalue weighted by Crippen LogP contribution is 2.32. The summed E-state index contributed by atoms with van der Waals surface area (Å²) in [7, 11) is 3.60. The lowest BCUT2D eigenvalue weighted by Gasteiger charge is -2.09. The molecule has 3 aromatic rings. The van der Waals surface area contributed by atoms with E-state index in [1.165, 1.54) is 0 Å². The number of benzene rings is 2. The predicted octanol–water partition coefficient (Wildman–Crippen LogP) is 3.43. The smallest absolute Gasteiger partial charge is 0.144 e. The molecule has 0 aliphatic carbocycles. The molecule has 0 bridgehead atoms. The van der Waals surface area contributed by atoms with Crippen molar-refractivity contribution in [3.8, 4) is 23.2 Å². The van der Waals surface area contributed by atoms with Crippen LogP contribution in [0.25, 0.3) is 22.4 Å². The maximum atomic E-state index is 9.23. The van der Waals surface area contributed by atoms with Gasteiger partial charge in [-0.1, -0.05) is 17.7 Å². The molecule has 0 aliphatic rings. The number of rotatable bonds is 2. The van der Waals surface area contributed by atoms with Gasteiger partial charge in [0.1, 0.15) is 23.2 Å². The van der Waals surface area contributed by atoms with E-state index in [1.807, 2.05) is 48.9 Å². The van der Waals surface area contributed by atoms with Crippen molar-refractivity contribution < 1.29 is 4.74 Å². The lowest BCUT2D eigenvalue weighted by atomic mass is 10.1. The third-order valence-electron chi connectivity index (χ3n) is 3.63. The minimum absolute atomic E-state index is 0.584. The van der Waals surface area contributed by atoms with Gasteiger partial charge < -0.3 is 9.30 Å². The summed E-state index contributed by atoms with van der Waals surface area (Å²) in [6.45, 7) is 2.03. The Hall–Kier alpha value is -2.80. The minimum atomic E-state index is 0.584. The Kier molecular flexibility index (Phi) is 3.11. The third kappa shape index (κ3) is 2.03. The molecule has 0 unspecified atom stereocenters. The lowest BCUT2D eigenvalue weighted by molar-refractivity contribution is 0.416. The molecule has 0 radical (unpaired) electrons. The summed E-state index contributed by atoms with van der Waals surface area (Å²) in [6, 6.07) is 13.8. The van der Waals surface area contributed by atoms with E-state index in [1.54, 1.807) is 13.2 Å². The van der Waals surface area contributed by atoms with Crippen molar-refractivity contribution in [1.82, 2.24) is 9.55 Å². The van der Waals surface area contributed by atoms with Crippen molar-refractivity contribution >= 4 is 11.0 Å². The predicted molar refractivity (Wildman–Crippen MR) is 82.2 cm³/mol. The van der Waals surface area contributed by atoms with Gasteiger partial charge in [-0.15, -0.1) is 0 Å². The monoisotopic (exact) mass is 277 g/mol. The van der Waals surface area contributed by atoms with Crippen LogP contribution in [-0.4, -0.2) is 16.7 Å². The topological polar surface area (TPSA) is 50.8 Å². The highest BCUT2D eigenvalue weighted by atomic mass is 16.5. The van der Waals surface area contributed by atoms with Gasteiger partial charge in [0.05, 0.1) is 23.8 Å². The first-order chi connectivity index (χ1) is 10.2. The summed E-state index contributed by atoms with van der Waals surface area (Å²) in [5.41, 5.74) is 4.31. The first-order valence-corrected chi connectivity index (χ1v) is 6.66. The van der Waals surface area contributed by atoms with Crippen molar-refractivity contribution in [2.75, 3.05) is 7.11 Å². The minimum Gasteiger partial charge on any atom is -0.496 e. The van der Waals surface area contributed by atoms with Gasteiger partial charge >= 0.3 is 0 Å². The fourth-order valence-electron chi connectivity index (χ4n) is 2.54. The van der Waals surface area contributed by atoms with Crippen LogP contribution in [0.2, 0.25) is 0 Å². The summed E-state index contributed by atoms with van der Waals surface area (Å²) in [5, 5.41) is 9.23. The van der Waals surface area contributed by atoms with E-state index in [-0.39, 0.29) is 0 Å². The number of fused-ring (bicyclic) bond motifs is 1. The van der Waals surface area contributed by atoms with Crippen LogP contribution in [0.3, 0.4) is 0 Å². The van der Waals surface area contributed by atoms with Gasteiger partial charge in [-0.05, 0) is 31.2 Å². The first kappa shape index (κ1) is 13.2. The third-order valence-corrected chi connectivity index (χ3v) is 3.63. The van der Waals surface area contributed by atoms with E-state index in [4.69, 9.17) is 4.74 Å². The molecule has 4 nitrogen and oxygen atoms in total. The standard InChI is InChI=1S/C17H15N3O/c1-11-7-8-15(21-3)13(9-11)17-19-16-12(10-18)5-4-6-14(16)20(17)2/h4-9H,1-3H3. The van der Waals surface area contributed by atoms with Crippen LogP contribution in [-0.2, 0) is 7.05 Å². The molecule has 0 aliphatic heterocycles. The number of methoxy groups -OCH3 is 1. The SMILES string of the molecule is COc1ccc(C)cc1-c1nc2c(C#N)cccc2n1C. The normalized spacial score (nSPS) is 10.6. The van der Waals surface area contributed by atoms with E-state index in [0.29, 0.717) is 5.56 Å². The second-order valence-corrected chi connectivity index (χ2v) is 4.98. The molecule has 21 heavy (non-hydrogen) atoms. The Bertz CT molecular complexity index is 872. The zero-order valence-electron chi connectivity index (χ0n) is 12.2. The van der Waals surface area contributed by atoms with Crippen LogP contribution in [0, 0.1) is 18.3 Å². The highest BCUT2D eigenvalue weighted by Gasteiger charge is 2.16. The Balaban J connectivity index is 2.34. The van der Waals surface area contributed by atoms with Crippen molar-refractivity contribution in [3.05, 3.63) is 47.5 Å². The van der Waals surface area contributed by atoms with E-state index in [0.717, 1.165) is 33.7 Å². The average Bonchev–Trinajstić information content (AvgIpc) is 2.84. The molecule has 0 saturated heterocycles. The number of hydrogen-bond donors (Lipinski definition) is 0. The van der Waals surface area contributed by atoms with E-state index in [9.17, 15) is 5.26 Å². The second kappa shape index (κ2) is 4.95. The maximum Gasteiger partial charge on any atom is 0.144 e. The number of nitrogens with zero attached hydrogens (tertiary/aromatic N) is 3. The van der Waals surface area contributed by atoms with Gasteiger partial charge in [-0.25, -0.2) is 4.98 Å². The summed E-state index contributed by atoms with van der Waals surface area (Å²) >= 11 is 0. The average molecular weight is 277 g/mol. The zero-order chi connectivity index (χ0) is 15.0. The molecule has 0 spiro atoms. The van der Waals surface area contributed by atoms with Crippen LogP contribution < -0.4 is 4.74 Å². The van der Waals surface area contributed by atoms with Crippen LogP contribution >= 0.6 is 0 Å². The molecule has 0 atom stereocenters. The number of para-hydroxylation sites is 1. The van der Waals surface area contributed by atoms with Crippen LogP contribution in [0.15, 0.2) is 36.4 Å². The maximum absolute atomic E-state index is 9.23. The molecular weight excluding hydrogens is 262 g/mol. The van der Waals surface area contributed by atoms with E-state index in [2.05, 4.69) is 11.1 Å². The molecule has 1 aromatic heterocycles. The molecule has 0 amide bonds. The zero-order valence-corrected chi connectivity index (χ0v) is 12.2. The van der Waals surface area contributed by atoms with Gasteiger partial charge in [-0.3, -0.25) is 0 Å².